The maximum atomic E-state index is 11.6. The summed E-state index contributed by atoms with van der Waals surface area (Å²) in [7, 11) is 1.32. The number of rotatable bonds is 4. The van der Waals surface area contributed by atoms with Gasteiger partial charge in [-0.05, 0) is 18.5 Å². The zero-order valence-corrected chi connectivity index (χ0v) is 11.5. The van der Waals surface area contributed by atoms with Crippen LogP contribution in [0.1, 0.15) is 20.9 Å². The maximum absolute atomic E-state index is 11.6. The van der Waals surface area contributed by atoms with Crippen LogP contribution in [0.3, 0.4) is 0 Å². The van der Waals surface area contributed by atoms with Crippen molar-refractivity contribution in [3.63, 3.8) is 0 Å². The molecule has 0 amide bonds. The monoisotopic (exact) mass is 284 g/mol. The number of thiazole rings is 1. The molecule has 0 atom stereocenters. The molecule has 96 valence electrons. The van der Waals surface area contributed by atoms with Gasteiger partial charge in [-0.1, -0.05) is 0 Å². The highest BCUT2D eigenvalue weighted by Gasteiger charge is 2.19. The SMILES string of the molecule is COC(=O)c1c(N)nsc1NCc1scnc1C. The Labute approximate surface area is 112 Å². The number of aromatic nitrogens is 2. The number of hydrogen-bond donors (Lipinski definition) is 2. The van der Waals surface area contributed by atoms with Crippen molar-refractivity contribution in [3.8, 4) is 0 Å². The molecule has 2 aromatic rings. The van der Waals surface area contributed by atoms with Gasteiger partial charge in [-0.25, -0.2) is 9.78 Å². The molecule has 2 heterocycles. The summed E-state index contributed by atoms with van der Waals surface area (Å²) in [5.74, 6) is -0.292. The van der Waals surface area contributed by atoms with Crippen LogP contribution >= 0.6 is 22.9 Å². The second kappa shape index (κ2) is 5.32. The van der Waals surface area contributed by atoms with E-state index in [9.17, 15) is 4.79 Å². The topological polar surface area (TPSA) is 90.1 Å². The maximum Gasteiger partial charge on any atom is 0.344 e. The minimum atomic E-state index is -0.482. The summed E-state index contributed by atoms with van der Waals surface area (Å²) >= 11 is 2.70. The minimum absolute atomic E-state index is 0.190. The molecule has 0 aliphatic rings. The fourth-order valence-electron chi connectivity index (χ4n) is 1.38. The van der Waals surface area contributed by atoms with Crippen molar-refractivity contribution in [2.75, 3.05) is 18.2 Å². The van der Waals surface area contributed by atoms with Crippen LogP contribution < -0.4 is 11.1 Å². The van der Waals surface area contributed by atoms with Gasteiger partial charge in [0.2, 0.25) is 0 Å². The van der Waals surface area contributed by atoms with E-state index in [1.165, 1.54) is 7.11 Å². The third-order valence-corrected chi connectivity index (χ3v) is 4.12. The smallest absolute Gasteiger partial charge is 0.344 e. The molecule has 0 aliphatic carbocycles. The first-order chi connectivity index (χ1) is 8.63. The Kier molecular flexibility index (Phi) is 3.78. The van der Waals surface area contributed by atoms with Crippen LogP contribution in [0.25, 0.3) is 0 Å². The van der Waals surface area contributed by atoms with Gasteiger partial charge in [-0.2, -0.15) is 4.37 Å². The fraction of sp³-hybridized carbons (Fsp3) is 0.300. The van der Waals surface area contributed by atoms with E-state index < -0.39 is 5.97 Å². The lowest BCUT2D eigenvalue weighted by Gasteiger charge is -2.04. The van der Waals surface area contributed by atoms with Gasteiger partial charge in [-0.3, -0.25) is 0 Å². The average molecular weight is 284 g/mol. The third kappa shape index (κ3) is 2.44. The number of nitrogens with two attached hydrogens (primary N) is 1. The van der Waals surface area contributed by atoms with E-state index in [1.807, 2.05) is 6.92 Å². The molecule has 18 heavy (non-hydrogen) atoms. The molecule has 8 heteroatoms. The minimum Gasteiger partial charge on any atom is -0.465 e. The Morgan fingerprint density at radius 2 is 2.39 bits per heavy atom. The number of aryl methyl sites for hydroxylation is 1. The summed E-state index contributed by atoms with van der Waals surface area (Å²) in [4.78, 5) is 16.8. The van der Waals surface area contributed by atoms with E-state index in [0.717, 1.165) is 22.1 Å². The number of nitrogen functional groups attached to an aromatic ring is 1. The predicted octanol–water partition coefficient (Wildman–Crippen LogP) is 1.89. The number of nitrogens with zero attached hydrogens (tertiary/aromatic N) is 2. The van der Waals surface area contributed by atoms with Crippen molar-refractivity contribution in [1.29, 1.82) is 0 Å². The second-order valence-electron chi connectivity index (χ2n) is 3.48. The van der Waals surface area contributed by atoms with Crippen LogP contribution in [0, 0.1) is 6.92 Å². The lowest BCUT2D eigenvalue weighted by molar-refractivity contribution is 0.0603. The summed E-state index contributed by atoms with van der Waals surface area (Å²) in [6, 6.07) is 0. The van der Waals surface area contributed by atoms with Crippen molar-refractivity contribution < 1.29 is 9.53 Å². The highest BCUT2D eigenvalue weighted by atomic mass is 32.1. The number of methoxy groups -OCH3 is 1. The van der Waals surface area contributed by atoms with Crippen LogP contribution in [-0.2, 0) is 11.3 Å². The molecule has 2 rings (SSSR count). The number of anilines is 2. The highest BCUT2D eigenvalue weighted by molar-refractivity contribution is 7.11. The van der Waals surface area contributed by atoms with Gasteiger partial charge in [0.15, 0.2) is 5.82 Å². The molecule has 0 bridgehead atoms. The van der Waals surface area contributed by atoms with Crippen LogP contribution in [0.2, 0.25) is 0 Å². The fourth-order valence-corrected chi connectivity index (χ4v) is 2.79. The molecule has 6 nitrogen and oxygen atoms in total. The van der Waals surface area contributed by atoms with Crippen molar-refractivity contribution >= 4 is 39.7 Å². The van der Waals surface area contributed by atoms with Crippen molar-refractivity contribution in [1.82, 2.24) is 9.36 Å². The summed E-state index contributed by atoms with van der Waals surface area (Å²) in [5.41, 5.74) is 8.70. The average Bonchev–Trinajstić information content (AvgIpc) is 2.92. The first-order valence-electron chi connectivity index (χ1n) is 5.09. The Morgan fingerprint density at radius 3 is 3.00 bits per heavy atom. The number of nitrogens with one attached hydrogen (secondary N) is 1. The van der Waals surface area contributed by atoms with Gasteiger partial charge in [0, 0.05) is 4.88 Å². The van der Waals surface area contributed by atoms with Crippen LogP contribution in [0.15, 0.2) is 5.51 Å². The Hall–Kier alpha value is -1.67. The van der Waals surface area contributed by atoms with E-state index in [2.05, 4.69) is 19.4 Å². The quantitative estimate of drug-likeness (QED) is 0.833. The molecule has 0 spiro atoms. The van der Waals surface area contributed by atoms with Crippen LogP contribution in [0.5, 0.6) is 0 Å². The molecule has 2 aromatic heterocycles. The molecule has 3 N–H and O–H groups in total. The molecular formula is C10H12N4O2S2. The Balaban J connectivity index is 2.15. The van der Waals surface area contributed by atoms with Crippen molar-refractivity contribution in [2.24, 2.45) is 0 Å². The van der Waals surface area contributed by atoms with Crippen molar-refractivity contribution in [2.45, 2.75) is 13.5 Å². The van der Waals surface area contributed by atoms with E-state index in [4.69, 9.17) is 5.73 Å². The van der Waals surface area contributed by atoms with Gasteiger partial charge in [0.05, 0.1) is 24.9 Å². The first-order valence-corrected chi connectivity index (χ1v) is 6.75. The van der Waals surface area contributed by atoms with E-state index >= 15 is 0 Å². The van der Waals surface area contributed by atoms with Crippen molar-refractivity contribution in [3.05, 3.63) is 21.6 Å². The largest absolute Gasteiger partial charge is 0.465 e. The van der Waals surface area contributed by atoms with Crippen LogP contribution in [-0.4, -0.2) is 22.4 Å². The lowest BCUT2D eigenvalue weighted by atomic mass is 10.3. The summed E-state index contributed by atoms with van der Waals surface area (Å²) < 4.78 is 8.63. The number of hydrogen-bond acceptors (Lipinski definition) is 8. The Morgan fingerprint density at radius 1 is 1.61 bits per heavy atom. The predicted molar refractivity (Wildman–Crippen MR) is 72.0 cm³/mol. The lowest BCUT2D eigenvalue weighted by Crippen LogP contribution is -2.08. The highest BCUT2D eigenvalue weighted by Crippen LogP contribution is 2.28. The zero-order chi connectivity index (χ0) is 13.1. The summed E-state index contributed by atoms with van der Waals surface area (Å²) in [6.07, 6.45) is 0. The van der Waals surface area contributed by atoms with Gasteiger partial charge >= 0.3 is 5.97 Å². The van der Waals surface area contributed by atoms with Gasteiger partial charge in [0.25, 0.3) is 0 Å². The molecule has 0 fully saturated rings. The first kappa shape index (κ1) is 12.8. The van der Waals surface area contributed by atoms with E-state index in [1.54, 1.807) is 16.8 Å². The van der Waals surface area contributed by atoms with Gasteiger partial charge in [0.1, 0.15) is 10.6 Å². The molecule has 0 saturated carbocycles. The number of esters is 1. The summed E-state index contributed by atoms with van der Waals surface area (Å²) in [5, 5.41) is 3.76. The second-order valence-corrected chi connectivity index (χ2v) is 5.19. The molecule has 0 unspecified atom stereocenters. The number of ether oxygens (including phenoxy) is 1. The molecule has 0 radical (unpaired) electrons. The van der Waals surface area contributed by atoms with E-state index in [0.29, 0.717) is 17.1 Å². The Bertz CT molecular complexity index is 564. The third-order valence-electron chi connectivity index (χ3n) is 2.36. The zero-order valence-electron chi connectivity index (χ0n) is 9.89. The normalized spacial score (nSPS) is 10.3. The molecule has 0 saturated heterocycles. The number of carbonyl (C=O) groups is 1. The van der Waals surface area contributed by atoms with Gasteiger partial charge in [-0.15, -0.1) is 11.3 Å². The summed E-state index contributed by atoms with van der Waals surface area (Å²) in [6.45, 7) is 2.53. The standard InChI is InChI=1S/C10H12N4O2S2/c1-5-6(17-4-13-5)3-12-9-7(10(15)16-2)8(11)14-18-9/h4,12H,3H2,1-2H3,(H2,11,14). The van der Waals surface area contributed by atoms with Gasteiger partial charge < -0.3 is 15.8 Å². The van der Waals surface area contributed by atoms with E-state index in [-0.39, 0.29) is 5.82 Å². The molecule has 0 aliphatic heterocycles. The van der Waals surface area contributed by atoms with Crippen LogP contribution in [0.4, 0.5) is 10.8 Å². The molecular weight excluding hydrogens is 272 g/mol. The number of carbonyl (C=O) groups excluding carboxylic acids is 1. The molecule has 0 aromatic carbocycles.